The van der Waals surface area contributed by atoms with Crippen LogP contribution in [0.2, 0.25) is 0 Å². The number of carbonyl (C=O) groups is 1. The van der Waals surface area contributed by atoms with Crippen LogP contribution in [-0.4, -0.2) is 12.9 Å². The lowest BCUT2D eigenvalue weighted by Crippen LogP contribution is -2.01. The first-order chi connectivity index (χ1) is 11.2. The topological polar surface area (TPSA) is 26.3 Å². The average molecular weight is 367 g/mol. The molecule has 0 aliphatic rings. The Labute approximate surface area is 143 Å². The summed E-state index contributed by atoms with van der Waals surface area (Å²) in [5.41, 5.74) is 3.50. The molecule has 0 bridgehead atoms. The van der Waals surface area contributed by atoms with Crippen molar-refractivity contribution in [3.63, 3.8) is 0 Å². The third-order valence-electron chi connectivity index (χ3n) is 3.69. The molecule has 0 unspecified atom stereocenters. The minimum atomic E-state index is 0.0127. The van der Waals surface area contributed by atoms with Gasteiger partial charge in [0.05, 0.1) is 7.11 Å². The van der Waals surface area contributed by atoms with E-state index in [1.165, 1.54) is 0 Å². The highest BCUT2D eigenvalue weighted by Crippen LogP contribution is 2.24. The summed E-state index contributed by atoms with van der Waals surface area (Å²) in [6.45, 7) is 0. The molecule has 0 aliphatic heterocycles. The van der Waals surface area contributed by atoms with E-state index in [0.717, 1.165) is 21.3 Å². The molecule has 0 radical (unpaired) electrons. The molecule has 114 valence electrons. The van der Waals surface area contributed by atoms with Crippen molar-refractivity contribution < 1.29 is 9.53 Å². The molecule has 0 saturated carbocycles. The molecule has 0 amide bonds. The van der Waals surface area contributed by atoms with Crippen LogP contribution in [0.3, 0.4) is 0 Å². The van der Waals surface area contributed by atoms with E-state index >= 15 is 0 Å². The predicted octanol–water partition coefficient (Wildman–Crippen LogP) is 5.36. The lowest BCUT2D eigenvalue weighted by Gasteiger charge is -2.06. The highest BCUT2D eigenvalue weighted by molar-refractivity contribution is 9.10. The summed E-state index contributed by atoms with van der Waals surface area (Å²) in [4.78, 5) is 12.6. The van der Waals surface area contributed by atoms with Crippen LogP contribution >= 0.6 is 15.9 Å². The summed E-state index contributed by atoms with van der Waals surface area (Å²) in [6.07, 6.45) is 0. The first kappa shape index (κ1) is 15.5. The summed E-state index contributed by atoms with van der Waals surface area (Å²) in [6, 6.07) is 23.0. The van der Waals surface area contributed by atoms with Gasteiger partial charge in [0.15, 0.2) is 5.78 Å². The van der Waals surface area contributed by atoms with Gasteiger partial charge in [-0.15, -0.1) is 0 Å². The van der Waals surface area contributed by atoms with Crippen molar-refractivity contribution in [3.05, 3.63) is 88.4 Å². The highest BCUT2D eigenvalue weighted by atomic mass is 79.9. The molecule has 0 atom stereocenters. The Morgan fingerprint density at radius 1 is 0.826 bits per heavy atom. The number of rotatable bonds is 4. The van der Waals surface area contributed by atoms with Crippen LogP contribution in [0.5, 0.6) is 5.75 Å². The summed E-state index contributed by atoms with van der Waals surface area (Å²) < 4.78 is 5.98. The van der Waals surface area contributed by atoms with E-state index in [2.05, 4.69) is 15.9 Å². The van der Waals surface area contributed by atoms with Crippen LogP contribution in [0.1, 0.15) is 15.9 Å². The number of halogens is 1. The fraction of sp³-hybridized carbons (Fsp3) is 0.0500. The van der Waals surface area contributed by atoms with Gasteiger partial charge in [-0.25, -0.2) is 0 Å². The number of ketones is 1. The minimum absolute atomic E-state index is 0.0127. The third-order valence-corrected chi connectivity index (χ3v) is 4.38. The molecule has 23 heavy (non-hydrogen) atoms. The van der Waals surface area contributed by atoms with Gasteiger partial charge < -0.3 is 4.74 Å². The first-order valence-electron chi connectivity index (χ1n) is 7.23. The van der Waals surface area contributed by atoms with Gasteiger partial charge in [0.25, 0.3) is 0 Å². The average Bonchev–Trinajstić information content (AvgIpc) is 2.62. The number of hydrogen-bond acceptors (Lipinski definition) is 2. The molecule has 2 nitrogen and oxygen atoms in total. The van der Waals surface area contributed by atoms with E-state index in [0.29, 0.717) is 11.1 Å². The fourth-order valence-electron chi connectivity index (χ4n) is 2.40. The van der Waals surface area contributed by atoms with Crippen molar-refractivity contribution in [3.8, 4) is 16.9 Å². The molecule has 0 saturated heterocycles. The Morgan fingerprint density at radius 3 is 1.96 bits per heavy atom. The number of carbonyl (C=O) groups excluding carboxylic acids is 1. The van der Waals surface area contributed by atoms with Gasteiger partial charge in [0.2, 0.25) is 0 Å². The monoisotopic (exact) mass is 366 g/mol. The number of ether oxygens (including phenoxy) is 1. The van der Waals surface area contributed by atoms with Crippen LogP contribution in [0, 0.1) is 0 Å². The summed E-state index contributed by atoms with van der Waals surface area (Å²) in [5.74, 6) is 0.841. The Kier molecular flexibility index (Phi) is 4.58. The maximum atomic E-state index is 12.6. The van der Waals surface area contributed by atoms with Gasteiger partial charge in [0, 0.05) is 15.6 Å². The lowest BCUT2D eigenvalue weighted by molar-refractivity contribution is 0.103. The first-order valence-corrected chi connectivity index (χ1v) is 8.02. The van der Waals surface area contributed by atoms with Crippen molar-refractivity contribution >= 4 is 21.7 Å². The zero-order valence-electron chi connectivity index (χ0n) is 12.6. The van der Waals surface area contributed by atoms with Crippen LogP contribution < -0.4 is 4.74 Å². The van der Waals surface area contributed by atoms with Crippen LogP contribution in [0.15, 0.2) is 77.3 Å². The normalized spacial score (nSPS) is 10.3. The Bertz CT molecular complexity index is 821. The van der Waals surface area contributed by atoms with E-state index in [1.54, 1.807) is 7.11 Å². The Hall–Kier alpha value is -2.39. The molecule has 3 aromatic rings. The van der Waals surface area contributed by atoms with Gasteiger partial charge in [-0.1, -0.05) is 64.5 Å². The van der Waals surface area contributed by atoms with Gasteiger partial charge in [-0.2, -0.15) is 0 Å². The Balaban J connectivity index is 1.87. The summed E-state index contributed by atoms with van der Waals surface area (Å²) >= 11 is 3.43. The largest absolute Gasteiger partial charge is 0.497 e. The standard InChI is InChI=1S/C20H15BrO2/c1-23-17-12-10-15(11-13-17)14-6-8-16(9-7-14)20(22)18-4-2-3-5-19(18)21/h2-13H,1H3. The Morgan fingerprint density at radius 2 is 1.39 bits per heavy atom. The summed E-state index contributed by atoms with van der Waals surface area (Å²) in [7, 11) is 1.65. The van der Waals surface area contributed by atoms with Gasteiger partial charge in [-0.3, -0.25) is 4.79 Å². The number of benzene rings is 3. The fourth-order valence-corrected chi connectivity index (χ4v) is 2.86. The second-order valence-corrected chi connectivity index (χ2v) is 5.97. The molecule has 0 aromatic heterocycles. The maximum Gasteiger partial charge on any atom is 0.194 e. The SMILES string of the molecule is COc1ccc(-c2ccc(C(=O)c3ccccc3Br)cc2)cc1. The van der Waals surface area contributed by atoms with Crippen molar-refractivity contribution in [1.29, 1.82) is 0 Å². The predicted molar refractivity (Wildman–Crippen MR) is 96.0 cm³/mol. The van der Waals surface area contributed by atoms with Gasteiger partial charge in [-0.05, 0) is 35.4 Å². The molecule has 3 heteroatoms. The quantitative estimate of drug-likeness (QED) is 0.581. The van der Waals surface area contributed by atoms with Gasteiger partial charge in [0.1, 0.15) is 5.75 Å². The van der Waals surface area contributed by atoms with E-state index in [1.807, 2.05) is 72.8 Å². The van der Waals surface area contributed by atoms with Crippen molar-refractivity contribution in [2.75, 3.05) is 7.11 Å². The molecule has 0 aliphatic carbocycles. The van der Waals surface area contributed by atoms with Crippen molar-refractivity contribution in [2.45, 2.75) is 0 Å². The van der Waals surface area contributed by atoms with E-state index in [4.69, 9.17) is 4.74 Å². The van der Waals surface area contributed by atoms with Gasteiger partial charge >= 0.3 is 0 Å². The van der Waals surface area contributed by atoms with Crippen molar-refractivity contribution in [2.24, 2.45) is 0 Å². The zero-order valence-corrected chi connectivity index (χ0v) is 14.2. The zero-order chi connectivity index (χ0) is 16.2. The third kappa shape index (κ3) is 3.35. The summed E-state index contributed by atoms with van der Waals surface area (Å²) in [5, 5.41) is 0. The molecule has 0 fully saturated rings. The smallest absolute Gasteiger partial charge is 0.194 e. The second kappa shape index (κ2) is 6.80. The van der Waals surface area contributed by atoms with Crippen LogP contribution in [0.25, 0.3) is 11.1 Å². The second-order valence-electron chi connectivity index (χ2n) is 5.11. The molecular weight excluding hydrogens is 352 g/mol. The number of methoxy groups -OCH3 is 1. The lowest BCUT2D eigenvalue weighted by atomic mass is 9.99. The van der Waals surface area contributed by atoms with Crippen LogP contribution in [0.4, 0.5) is 0 Å². The molecule has 3 aromatic carbocycles. The molecule has 0 heterocycles. The molecular formula is C20H15BrO2. The maximum absolute atomic E-state index is 12.6. The van der Waals surface area contributed by atoms with E-state index in [-0.39, 0.29) is 5.78 Å². The highest BCUT2D eigenvalue weighted by Gasteiger charge is 2.12. The molecule has 0 spiro atoms. The molecule has 0 N–H and O–H groups in total. The van der Waals surface area contributed by atoms with E-state index in [9.17, 15) is 4.79 Å². The number of hydrogen-bond donors (Lipinski definition) is 0. The van der Waals surface area contributed by atoms with E-state index < -0.39 is 0 Å². The molecule has 3 rings (SSSR count). The van der Waals surface area contributed by atoms with Crippen molar-refractivity contribution in [1.82, 2.24) is 0 Å². The van der Waals surface area contributed by atoms with Crippen LogP contribution in [-0.2, 0) is 0 Å². The minimum Gasteiger partial charge on any atom is -0.497 e.